The van der Waals surface area contributed by atoms with Gasteiger partial charge in [0.15, 0.2) is 6.61 Å². The number of esters is 2. The summed E-state index contributed by atoms with van der Waals surface area (Å²) in [7, 11) is 0. The van der Waals surface area contributed by atoms with Gasteiger partial charge >= 0.3 is 11.9 Å². The van der Waals surface area contributed by atoms with Crippen LogP contribution in [0.25, 0.3) is 0 Å². The number of fused-ring (bicyclic) bond motifs is 2. The van der Waals surface area contributed by atoms with Crippen LogP contribution in [0.1, 0.15) is 51.9 Å². The van der Waals surface area contributed by atoms with E-state index in [0.717, 1.165) is 12.3 Å². The van der Waals surface area contributed by atoms with E-state index in [1.54, 1.807) is 11.8 Å². The molecule has 1 aliphatic heterocycles. The molecule has 2 saturated carbocycles. The lowest BCUT2D eigenvalue weighted by atomic mass is 9.86. The van der Waals surface area contributed by atoms with Gasteiger partial charge < -0.3 is 14.4 Å². The van der Waals surface area contributed by atoms with E-state index >= 15 is 0 Å². The lowest BCUT2D eigenvalue weighted by Gasteiger charge is -2.30. The average Bonchev–Trinajstić information content (AvgIpc) is 3.23. The fraction of sp³-hybridized carbons (Fsp3) is 0.842. The molecule has 3 aliphatic rings. The molecule has 0 aromatic carbocycles. The van der Waals surface area contributed by atoms with Gasteiger partial charge in [0.2, 0.25) is 0 Å². The monoisotopic (exact) mass is 351 g/mol. The highest BCUT2D eigenvalue weighted by molar-refractivity contribution is 5.81. The molecule has 0 spiro atoms. The number of carbonyl (C=O) groups is 3. The van der Waals surface area contributed by atoms with E-state index in [-0.39, 0.29) is 30.4 Å². The highest BCUT2D eigenvalue weighted by Gasteiger charge is 2.40. The molecule has 1 heterocycles. The van der Waals surface area contributed by atoms with E-state index in [4.69, 9.17) is 9.47 Å². The molecule has 3 rings (SSSR count). The van der Waals surface area contributed by atoms with Crippen molar-refractivity contribution < 1.29 is 23.9 Å². The number of carbonyl (C=O) groups excluding carboxylic acids is 3. The maximum absolute atomic E-state index is 12.2. The van der Waals surface area contributed by atoms with Crippen LogP contribution in [0.4, 0.5) is 0 Å². The van der Waals surface area contributed by atoms with Crippen molar-refractivity contribution in [1.82, 2.24) is 4.90 Å². The van der Waals surface area contributed by atoms with Crippen LogP contribution in [-0.2, 0) is 23.9 Å². The molecule has 6 heteroatoms. The Hall–Kier alpha value is -1.59. The van der Waals surface area contributed by atoms with Crippen LogP contribution in [0.2, 0.25) is 0 Å². The number of rotatable bonds is 6. The summed E-state index contributed by atoms with van der Waals surface area (Å²) in [6, 6.07) is 0. The van der Waals surface area contributed by atoms with Gasteiger partial charge in [-0.15, -0.1) is 0 Å². The minimum absolute atomic E-state index is 0.121. The number of likely N-dealkylation sites (tertiary alicyclic amines) is 1. The van der Waals surface area contributed by atoms with Gasteiger partial charge in [0.25, 0.3) is 5.91 Å². The quantitative estimate of drug-likeness (QED) is 0.686. The second-order valence-electron chi connectivity index (χ2n) is 7.71. The normalized spacial score (nSPS) is 28.8. The third kappa shape index (κ3) is 4.53. The van der Waals surface area contributed by atoms with Crippen molar-refractivity contribution in [3.63, 3.8) is 0 Å². The minimum atomic E-state index is -0.243. The van der Waals surface area contributed by atoms with Gasteiger partial charge in [-0.3, -0.25) is 14.4 Å². The highest BCUT2D eigenvalue weighted by atomic mass is 16.5. The second-order valence-corrected chi connectivity index (χ2v) is 7.71. The van der Waals surface area contributed by atoms with E-state index in [1.807, 2.05) is 0 Å². The summed E-state index contributed by atoms with van der Waals surface area (Å²) in [6.07, 6.45) is 6.67. The van der Waals surface area contributed by atoms with Crippen LogP contribution in [0, 0.1) is 23.7 Å². The third-order valence-electron chi connectivity index (χ3n) is 6.14. The number of amides is 1. The number of nitrogens with zero attached hydrogens (tertiary/aromatic N) is 1. The Labute approximate surface area is 149 Å². The lowest BCUT2D eigenvalue weighted by Crippen LogP contribution is -2.42. The van der Waals surface area contributed by atoms with Crippen molar-refractivity contribution in [2.75, 3.05) is 26.3 Å². The Kier molecular flexibility index (Phi) is 5.97. The van der Waals surface area contributed by atoms with Crippen LogP contribution in [0.5, 0.6) is 0 Å². The van der Waals surface area contributed by atoms with Crippen molar-refractivity contribution in [3.05, 3.63) is 0 Å². The van der Waals surface area contributed by atoms with Crippen molar-refractivity contribution in [3.8, 4) is 0 Å². The van der Waals surface area contributed by atoms with Crippen molar-refractivity contribution >= 4 is 17.8 Å². The largest absolute Gasteiger partial charge is 0.466 e. The van der Waals surface area contributed by atoms with E-state index in [9.17, 15) is 14.4 Å². The first kappa shape index (κ1) is 18.2. The predicted octanol–water partition coefficient (Wildman–Crippen LogP) is 2.16. The van der Waals surface area contributed by atoms with Crippen molar-refractivity contribution in [1.29, 1.82) is 0 Å². The summed E-state index contributed by atoms with van der Waals surface area (Å²) in [6.45, 7) is 3.04. The summed E-state index contributed by atoms with van der Waals surface area (Å²) >= 11 is 0. The summed E-state index contributed by atoms with van der Waals surface area (Å²) in [5.41, 5.74) is 0. The number of hydrogen-bond donors (Lipinski definition) is 0. The van der Waals surface area contributed by atoms with Gasteiger partial charge in [0.1, 0.15) is 0 Å². The fourth-order valence-electron chi connectivity index (χ4n) is 4.76. The first-order valence-electron chi connectivity index (χ1n) is 9.66. The van der Waals surface area contributed by atoms with Crippen LogP contribution >= 0.6 is 0 Å². The van der Waals surface area contributed by atoms with Gasteiger partial charge in [0, 0.05) is 19.5 Å². The predicted molar refractivity (Wildman–Crippen MR) is 90.5 cm³/mol. The van der Waals surface area contributed by atoms with Gasteiger partial charge in [-0.25, -0.2) is 0 Å². The Morgan fingerprint density at radius 2 is 1.76 bits per heavy atom. The molecule has 6 nitrogen and oxygen atoms in total. The number of hydrogen-bond acceptors (Lipinski definition) is 5. The minimum Gasteiger partial charge on any atom is -0.466 e. The molecular weight excluding hydrogens is 322 g/mol. The molecule has 0 unspecified atom stereocenters. The molecule has 0 aromatic rings. The van der Waals surface area contributed by atoms with Gasteiger partial charge in [-0.1, -0.05) is 6.42 Å². The molecule has 1 amide bonds. The summed E-state index contributed by atoms with van der Waals surface area (Å²) in [4.78, 5) is 37.6. The Morgan fingerprint density at radius 1 is 1.00 bits per heavy atom. The molecule has 0 N–H and O–H groups in total. The van der Waals surface area contributed by atoms with E-state index in [2.05, 4.69) is 0 Å². The zero-order valence-electron chi connectivity index (χ0n) is 15.1. The summed E-state index contributed by atoms with van der Waals surface area (Å²) < 4.78 is 10.2. The highest BCUT2D eigenvalue weighted by Crippen LogP contribution is 2.49. The van der Waals surface area contributed by atoms with Crippen LogP contribution < -0.4 is 0 Å². The molecule has 0 aromatic heterocycles. The van der Waals surface area contributed by atoms with E-state index < -0.39 is 0 Å². The molecule has 140 valence electrons. The summed E-state index contributed by atoms with van der Waals surface area (Å²) in [5, 5.41) is 0. The molecular formula is C19H29NO5. The standard InChI is InChI=1S/C19H29NO5/c1-2-24-19(23)14-5-7-20(8-6-14)17(21)12-25-18(22)11-16-10-13-3-4-15(16)9-13/h13-16H,2-12H2,1H3/t13-,15+,16+/m0/s1. The second kappa shape index (κ2) is 8.19. The Bertz CT molecular complexity index is 512. The fourth-order valence-corrected chi connectivity index (χ4v) is 4.76. The average molecular weight is 351 g/mol. The Balaban J connectivity index is 1.34. The van der Waals surface area contributed by atoms with Crippen LogP contribution in [0.3, 0.4) is 0 Å². The maximum atomic E-state index is 12.2. The zero-order valence-corrected chi connectivity index (χ0v) is 15.1. The topological polar surface area (TPSA) is 72.9 Å². The first-order chi connectivity index (χ1) is 12.1. The zero-order chi connectivity index (χ0) is 17.8. The molecule has 25 heavy (non-hydrogen) atoms. The van der Waals surface area contributed by atoms with Gasteiger partial charge in [0.05, 0.1) is 12.5 Å². The van der Waals surface area contributed by atoms with Gasteiger partial charge in [-0.2, -0.15) is 0 Å². The smallest absolute Gasteiger partial charge is 0.309 e. The molecule has 1 saturated heterocycles. The van der Waals surface area contributed by atoms with E-state index in [0.29, 0.717) is 50.8 Å². The van der Waals surface area contributed by atoms with Crippen LogP contribution in [0.15, 0.2) is 0 Å². The molecule has 3 fully saturated rings. The van der Waals surface area contributed by atoms with Crippen LogP contribution in [-0.4, -0.2) is 49.0 Å². The molecule has 2 bridgehead atoms. The molecule has 0 radical (unpaired) electrons. The summed E-state index contributed by atoms with van der Waals surface area (Å²) in [5.74, 6) is 1.26. The van der Waals surface area contributed by atoms with Crippen molar-refractivity contribution in [2.24, 2.45) is 23.7 Å². The van der Waals surface area contributed by atoms with E-state index in [1.165, 1.54) is 19.3 Å². The molecule has 3 atom stereocenters. The SMILES string of the molecule is CCOC(=O)C1CCN(C(=O)COC(=O)C[C@H]2C[C@H]3CC[C@@H]2C3)CC1. The number of ether oxygens (including phenoxy) is 2. The maximum Gasteiger partial charge on any atom is 0.309 e. The van der Waals surface area contributed by atoms with Gasteiger partial charge in [-0.05, 0) is 56.8 Å². The first-order valence-corrected chi connectivity index (χ1v) is 9.66. The third-order valence-corrected chi connectivity index (χ3v) is 6.14. The van der Waals surface area contributed by atoms with Crippen molar-refractivity contribution in [2.45, 2.75) is 51.9 Å². The lowest BCUT2D eigenvalue weighted by molar-refractivity contribution is -0.155. The Morgan fingerprint density at radius 3 is 2.36 bits per heavy atom. The number of piperidine rings is 1. The molecule has 2 aliphatic carbocycles.